The summed E-state index contributed by atoms with van der Waals surface area (Å²) >= 11 is 0. The van der Waals surface area contributed by atoms with Crippen LogP contribution in [0.25, 0.3) is 27.8 Å². The van der Waals surface area contributed by atoms with E-state index in [2.05, 4.69) is 15.0 Å². The van der Waals surface area contributed by atoms with Crippen molar-refractivity contribution < 1.29 is 0 Å². The Morgan fingerprint density at radius 3 is 2.58 bits per heavy atom. The first-order chi connectivity index (χ1) is 11.7. The van der Waals surface area contributed by atoms with Crippen LogP contribution in [0.15, 0.2) is 59.7 Å². The molecular weight excluding hydrogens is 300 g/mol. The van der Waals surface area contributed by atoms with Crippen molar-refractivity contribution in [2.45, 2.75) is 13.8 Å². The number of nitrogens with one attached hydrogen (secondary N) is 1. The highest BCUT2D eigenvalue weighted by molar-refractivity contribution is 5.84. The van der Waals surface area contributed by atoms with E-state index in [4.69, 9.17) is 0 Å². The number of benzene rings is 2. The molecule has 4 aromatic rings. The van der Waals surface area contributed by atoms with Gasteiger partial charge in [0.05, 0.1) is 23.1 Å². The third-order valence-electron chi connectivity index (χ3n) is 4.23. The topological polar surface area (TPSA) is 63.6 Å². The molecule has 0 amide bonds. The van der Waals surface area contributed by atoms with Gasteiger partial charge in [0, 0.05) is 5.69 Å². The molecule has 0 radical (unpaired) electrons. The van der Waals surface area contributed by atoms with Crippen molar-refractivity contribution in [3.63, 3.8) is 0 Å². The van der Waals surface area contributed by atoms with Crippen molar-refractivity contribution in [2.75, 3.05) is 0 Å². The highest BCUT2D eigenvalue weighted by Crippen LogP contribution is 2.25. The summed E-state index contributed by atoms with van der Waals surface area (Å²) in [6.07, 6.45) is 1.67. The van der Waals surface area contributed by atoms with Gasteiger partial charge in [-0.25, -0.2) is 4.98 Å². The van der Waals surface area contributed by atoms with Gasteiger partial charge in [-0.2, -0.15) is 4.98 Å². The lowest BCUT2D eigenvalue weighted by Crippen LogP contribution is -2.20. The Hall–Kier alpha value is -3.21. The lowest BCUT2D eigenvalue weighted by molar-refractivity contribution is 0.860. The maximum Gasteiger partial charge on any atom is 0.281 e. The van der Waals surface area contributed by atoms with Crippen molar-refractivity contribution in [3.05, 3.63) is 76.7 Å². The van der Waals surface area contributed by atoms with E-state index in [1.807, 2.05) is 66.9 Å². The lowest BCUT2D eigenvalue weighted by Gasteiger charge is -2.17. The minimum atomic E-state index is -0.207. The smallest absolute Gasteiger partial charge is 0.281 e. The second kappa shape index (κ2) is 5.45. The van der Waals surface area contributed by atoms with Crippen LogP contribution in [0, 0.1) is 13.8 Å². The molecule has 2 aromatic heterocycles. The number of hydrogen-bond acceptors (Lipinski definition) is 3. The molecule has 0 bridgehead atoms. The summed E-state index contributed by atoms with van der Waals surface area (Å²) < 4.78 is 1.99. The Morgan fingerprint density at radius 1 is 1.00 bits per heavy atom. The summed E-state index contributed by atoms with van der Waals surface area (Å²) in [5.74, 6) is 0.646. The molecule has 5 heteroatoms. The molecule has 1 N–H and O–H groups in total. The normalized spacial score (nSPS) is 11.1. The number of para-hydroxylation sites is 1. The first-order valence-electron chi connectivity index (χ1n) is 7.75. The van der Waals surface area contributed by atoms with Crippen molar-refractivity contribution in [2.24, 2.45) is 0 Å². The Bertz CT molecular complexity index is 1090. The van der Waals surface area contributed by atoms with Crippen molar-refractivity contribution in [1.82, 2.24) is 19.5 Å². The maximum atomic E-state index is 12.5. The Kier molecular flexibility index (Phi) is 3.27. The van der Waals surface area contributed by atoms with E-state index in [9.17, 15) is 4.79 Å². The summed E-state index contributed by atoms with van der Waals surface area (Å²) in [7, 11) is 0. The molecule has 0 atom stereocenters. The van der Waals surface area contributed by atoms with E-state index in [0.29, 0.717) is 11.4 Å². The largest absolute Gasteiger partial charge is 0.345 e. The number of rotatable bonds is 2. The number of imidazole rings is 1. The standard InChI is InChI=1S/C19H16N4O/c1-12-17(14-7-4-3-5-8-14)19(24)22-13(2)23(12)16-10-6-9-15-18(16)21-11-20-15/h3-11H,1-2H3,(H,20,21). The Morgan fingerprint density at radius 2 is 1.79 bits per heavy atom. The number of aryl methyl sites for hydroxylation is 1. The van der Waals surface area contributed by atoms with Gasteiger partial charge < -0.3 is 4.98 Å². The van der Waals surface area contributed by atoms with Gasteiger partial charge in [-0.05, 0) is 31.5 Å². The predicted molar refractivity (Wildman–Crippen MR) is 94.4 cm³/mol. The number of fused-ring (bicyclic) bond motifs is 1. The lowest BCUT2D eigenvalue weighted by atomic mass is 10.1. The number of H-pyrrole nitrogens is 1. The zero-order chi connectivity index (χ0) is 16.7. The summed E-state index contributed by atoms with van der Waals surface area (Å²) in [5, 5.41) is 0. The molecule has 0 fully saturated rings. The average molecular weight is 316 g/mol. The SMILES string of the molecule is Cc1nc(=O)c(-c2ccccc2)c(C)n1-c1cccc2[nH]cnc12. The Balaban J connectivity index is 2.07. The number of hydrogen-bond donors (Lipinski definition) is 1. The number of aromatic amines is 1. The fraction of sp³-hybridized carbons (Fsp3) is 0.105. The van der Waals surface area contributed by atoms with Gasteiger partial charge in [0.2, 0.25) is 0 Å². The molecule has 0 saturated heterocycles. The van der Waals surface area contributed by atoms with Gasteiger partial charge >= 0.3 is 0 Å². The third-order valence-corrected chi connectivity index (χ3v) is 4.23. The van der Waals surface area contributed by atoms with Crippen LogP contribution in [0.2, 0.25) is 0 Å². The maximum absolute atomic E-state index is 12.5. The van der Waals surface area contributed by atoms with Gasteiger partial charge in [-0.1, -0.05) is 36.4 Å². The minimum absolute atomic E-state index is 0.207. The fourth-order valence-corrected chi connectivity index (χ4v) is 3.18. The molecule has 24 heavy (non-hydrogen) atoms. The molecule has 2 heterocycles. The van der Waals surface area contributed by atoms with Crippen molar-refractivity contribution >= 4 is 11.0 Å². The van der Waals surface area contributed by atoms with E-state index in [1.165, 1.54) is 0 Å². The van der Waals surface area contributed by atoms with E-state index < -0.39 is 0 Å². The van der Waals surface area contributed by atoms with Crippen LogP contribution in [-0.2, 0) is 0 Å². The molecule has 0 spiro atoms. The highest BCUT2D eigenvalue weighted by atomic mass is 16.1. The van der Waals surface area contributed by atoms with Crippen molar-refractivity contribution in [1.29, 1.82) is 0 Å². The fourth-order valence-electron chi connectivity index (χ4n) is 3.18. The molecule has 0 unspecified atom stereocenters. The molecule has 4 rings (SSSR count). The summed E-state index contributed by atoms with van der Waals surface area (Å²) in [4.78, 5) is 24.3. The number of aromatic nitrogens is 4. The summed E-state index contributed by atoms with van der Waals surface area (Å²) in [6, 6.07) is 15.6. The molecule has 118 valence electrons. The number of nitrogens with zero attached hydrogens (tertiary/aromatic N) is 3. The summed E-state index contributed by atoms with van der Waals surface area (Å²) in [6.45, 7) is 3.79. The van der Waals surface area contributed by atoms with Gasteiger partial charge in [0.1, 0.15) is 11.3 Å². The molecular formula is C19H16N4O. The van der Waals surface area contributed by atoms with Crippen LogP contribution in [0.4, 0.5) is 0 Å². The van der Waals surface area contributed by atoms with Gasteiger partial charge in [-0.3, -0.25) is 9.36 Å². The van der Waals surface area contributed by atoms with Crippen LogP contribution in [0.1, 0.15) is 11.5 Å². The minimum Gasteiger partial charge on any atom is -0.345 e. The zero-order valence-electron chi connectivity index (χ0n) is 13.4. The van der Waals surface area contributed by atoms with Gasteiger partial charge in [0.15, 0.2) is 0 Å². The predicted octanol–water partition coefficient (Wildman–Crippen LogP) is 3.39. The monoisotopic (exact) mass is 316 g/mol. The van der Waals surface area contributed by atoms with E-state index in [-0.39, 0.29) is 5.56 Å². The molecule has 0 aliphatic carbocycles. The quantitative estimate of drug-likeness (QED) is 0.616. The first kappa shape index (κ1) is 14.4. The van der Waals surface area contributed by atoms with Crippen LogP contribution in [0.3, 0.4) is 0 Å². The van der Waals surface area contributed by atoms with Crippen LogP contribution in [0.5, 0.6) is 0 Å². The molecule has 0 aliphatic rings. The van der Waals surface area contributed by atoms with Crippen molar-refractivity contribution in [3.8, 4) is 16.8 Å². The van der Waals surface area contributed by atoms with Gasteiger partial charge in [-0.15, -0.1) is 0 Å². The molecule has 2 aromatic carbocycles. The second-order valence-electron chi connectivity index (χ2n) is 5.70. The average Bonchev–Trinajstić information content (AvgIpc) is 3.05. The molecule has 0 aliphatic heterocycles. The van der Waals surface area contributed by atoms with E-state index in [1.54, 1.807) is 6.33 Å². The van der Waals surface area contributed by atoms with Crippen LogP contribution in [-0.4, -0.2) is 19.5 Å². The second-order valence-corrected chi connectivity index (χ2v) is 5.70. The molecule has 5 nitrogen and oxygen atoms in total. The highest BCUT2D eigenvalue weighted by Gasteiger charge is 2.16. The Labute approximate surface area is 138 Å². The first-order valence-corrected chi connectivity index (χ1v) is 7.75. The zero-order valence-corrected chi connectivity index (χ0v) is 13.4. The third kappa shape index (κ3) is 2.13. The van der Waals surface area contributed by atoms with E-state index in [0.717, 1.165) is 28.0 Å². The van der Waals surface area contributed by atoms with Crippen LogP contribution < -0.4 is 5.56 Å². The summed E-state index contributed by atoms with van der Waals surface area (Å²) in [5.41, 5.74) is 4.85. The van der Waals surface area contributed by atoms with Gasteiger partial charge in [0.25, 0.3) is 5.56 Å². The molecule has 0 saturated carbocycles. The van der Waals surface area contributed by atoms with Crippen LogP contribution >= 0.6 is 0 Å². The van der Waals surface area contributed by atoms with E-state index >= 15 is 0 Å².